The average molecular weight is 259 g/mol. The van der Waals surface area contributed by atoms with Crippen LogP contribution in [0.4, 0.5) is 4.79 Å². The summed E-state index contributed by atoms with van der Waals surface area (Å²) in [5.41, 5.74) is -0.811. The minimum absolute atomic E-state index is 0.0340. The van der Waals surface area contributed by atoms with E-state index in [9.17, 15) is 9.90 Å². The molecule has 1 heterocycles. The second-order valence-corrected chi connectivity index (χ2v) is 5.95. The van der Waals surface area contributed by atoms with E-state index < -0.39 is 5.60 Å². The van der Waals surface area contributed by atoms with E-state index in [4.69, 9.17) is 9.47 Å². The molecule has 0 aromatic heterocycles. The molecule has 0 aromatic rings. The van der Waals surface area contributed by atoms with Crippen LogP contribution >= 0.6 is 0 Å². The first-order chi connectivity index (χ1) is 8.32. The number of nitrogens with zero attached hydrogens (tertiary/aromatic N) is 1. The molecule has 0 radical (unpaired) electrons. The van der Waals surface area contributed by atoms with Gasteiger partial charge in [-0.1, -0.05) is 0 Å². The van der Waals surface area contributed by atoms with E-state index in [1.807, 2.05) is 27.7 Å². The Balaban J connectivity index is 2.55. The molecule has 0 saturated carbocycles. The number of amides is 1. The van der Waals surface area contributed by atoms with Crippen LogP contribution in [0.15, 0.2) is 0 Å². The highest BCUT2D eigenvalue weighted by Crippen LogP contribution is 2.31. The Bertz CT molecular complexity index is 287. The maximum atomic E-state index is 11.9. The standard InChI is InChI=1S/C13H25NO4/c1-5-17-10-13(9-15)6-7-14(8-13)11(16)18-12(2,3)4/h15H,5-10H2,1-4H3/t13-/m1/s1. The van der Waals surface area contributed by atoms with E-state index in [1.165, 1.54) is 0 Å². The van der Waals surface area contributed by atoms with E-state index in [2.05, 4.69) is 0 Å². The zero-order chi connectivity index (χ0) is 13.8. The van der Waals surface area contributed by atoms with Crippen molar-refractivity contribution in [1.82, 2.24) is 4.90 Å². The second-order valence-electron chi connectivity index (χ2n) is 5.95. The number of hydrogen-bond donors (Lipinski definition) is 1. The smallest absolute Gasteiger partial charge is 0.410 e. The molecule has 1 fully saturated rings. The van der Waals surface area contributed by atoms with E-state index in [0.717, 1.165) is 6.42 Å². The molecule has 0 spiro atoms. The minimum Gasteiger partial charge on any atom is -0.444 e. The summed E-state index contributed by atoms with van der Waals surface area (Å²) >= 11 is 0. The summed E-state index contributed by atoms with van der Waals surface area (Å²) in [5, 5.41) is 9.52. The fourth-order valence-electron chi connectivity index (χ4n) is 2.03. The van der Waals surface area contributed by atoms with Crippen molar-refractivity contribution in [2.24, 2.45) is 5.41 Å². The molecule has 5 heteroatoms. The number of aliphatic hydroxyl groups excluding tert-OH is 1. The van der Waals surface area contributed by atoms with Crippen LogP contribution < -0.4 is 0 Å². The number of ether oxygens (including phenoxy) is 2. The molecule has 0 aromatic carbocycles. The van der Waals surface area contributed by atoms with Crippen molar-refractivity contribution in [3.05, 3.63) is 0 Å². The van der Waals surface area contributed by atoms with Gasteiger partial charge in [-0.05, 0) is 34.1 Å². The lowest BCUT2D eigenvalue weighted by Crippen LogP contribution is -2.39. The van der Waals surface area contributed by atoms with E-state index in [0.29, 0.717) is 26.3 Å². The lowest BCUT2D eigenvalue weighted by Gasteiger charge is -2.28. The van der Waals surface area contributed by atoms with Crippen molar-refractivity contribution in [1.29, 1.82) is 0 Å². The third kappa shape index (κ3) is 4.14. The molecule has 1 amide bonds. The van der Waals surface area contributed by atoms with Crippen LogP contribution in [0.25, 0.3) is 0 Å². The molecule has 0 aliphatic carbocycles. The van der Waals surface area contributed by atoms with Crippen LogP contribution in [0.2, 0.25) is 0 Å². The molecule has 0 unspecified atom stereocenters. The first kappa shape index (κ1) is 15.2. The van der Waals surface area contributed by atoms with Gasteiger partial charge in [-0.3, -0.25) is 0 Å². The van der Waals surface area contributed by atoms with Crippen molar-refractivity contribution < 1.29 is 19.4 Å². The highest BCUT2D eigenvalue weighted by atomic mass is 16.6. The number of rotatable bonds is 4. The molecule has 18 heavy (non-hydrogen) atoms. The Morgan fingerprint density at radius 2 is 2.11 bits per heavy atom. The Morgan fingerprint density at radius 1 is 1.44 bits per heavy atom. The minimum atomic E-state index is -0.485. The van der Waals surface area contributed by atoms with Crippen molar-refractivity contribution in [3.63, 3.8) is 0 Å². The van der Waals surface area contributed by atoms with Gasteiger partial charge in [0.25, 0.3) is 0 Å². The van der Waals surface area contributed by atoms with Crippen LogP contribution in [0.1, 0.15) is 34.1 Å². The average Bonchev–Trinajstić information content (AvgIpc) is 2.69. The largest absolute Gasteiger partial charge is 0.444 e. The zero-order valence-corrected chi connectivity index (χ0v) is 11.9. The van der Waals surface area contributed by atoms with Gasteiger partial charge in [0, 0.05) is 25.1 Å². The first-order valence-corrected chi connectivity index (χ1v) is 6.48. The van der Waals surface area contributed by atoms with Gasteiger partial charge < -0.3 is 19.5 Å². The molecule has 1 saturated heterocycles. The fraction of sp³-hybridized carbons (Fsp3) is 0.923. The highest BCUT2D eigenvalue weighted by molar-refractivity contribution is 5.68. The van der Waals surface area contributed by atoms with Crippen LogP contribution in [0.3, 0.4) is 0 Å². The fourth-order valence-corrected chi connectivity index (χ4v) is 2.03. The number of aliphatic hydroxyl groups is 1. The molecule has 1 rings (SSSR count). The van der Waals surface area contributed by atoms with Gasteiger partial charge in [-0.2, -0.15) is 0 Å². The Kier molecular flexibility index (Phi) is 4.99. The van der Waals surface area contributed by atoms with Gasteiger partial charge in [0.1, 0.15) is 5.60 Å². The van der Waals surface area contributed by atoms with Gasteiger partial charge in [-0.15, -0.1) is 0 Å². The van der Waals surface area contributed by atoms with Crippen LogP contribution in [0, 0.1) is 5.41 Å². The number of carbonyl (C=O) groups excluding carboxylic acids is 1. The predicted octanol–water partition coefficient (Wildman–Crippen LogP) is 1.64. The third-order valence-corrected chi connectivity index (χ3v) is 3.04. The van der Waals surface area contributed by atoms with Crippen molar-refractivity contribution in [2.75, 3.05) is 32.9 Å². The van der Waals surface area contributed by atoms with Crippen LogP contribution in [0.5, 0.6) is 0 Å². The Morgan fingerprint density at radius 3 is 2.61 bits per heavy atom. The Labute approximate surface area is 109 Å². The molecular weight excluding hydrogens is 234 g/mol. The van der Waals surface area contributed by atoms with E-state index in [1.54, 1.807) is 4.90 Å². The lowest BCUT2D eigenvalue weighted by atomic mass is 9.89. The lowest BCUT2D eigenvalue weighted by molar-refractivity contribution is 0.00602. The van der Waals surface area contributed by atoms with Crippen LogP contribution in [-0.2, 0) is 9.47 Å². The molecule has 5 nitrogen and oxygen atoms in total. The third-order valence-electron chi connectivity index (χ3n) is 3.04. The van der Waals surface area contributed by atoms with Gasteiger partial charge in [-0.25, -0.2) is 4.79 Å². The summed E-state index contributed by atoms with van der Waals surface area (Å²) in [6.45, 7) is 9.72. The van der Waals surface area contributed by atoms with Gasteiger partial charge in [0.2, 0.25) is 0 Å². The second kappa shape index (κ2) is 5.89. The molecular formula is C13H25NO4. The van der Waals surface area contributed by atoms with Gasteiger partial charge in [0.15, 0.2) is 0 Å². The van der Waals surface area contributed by atoms with E-state index >= 15 is 0 Å². The summed E-state index contributed by atoms with van der Waals surface area (Å²) in [6.07, 6.45) is 0.442. The first-order valence-electron chi connectivity index (χ1n) is 6.48. The summed E-state index contributed by atoms with van der Waals surface area (Å²) in [4.78, 5) is 13.6. The van der Waals surface area contributed by atoms with Crippen LogP contribution in [-0.4, -0.2) is 54.6 Å². The normalized spacial score (nSPS) is 24.4. The van der Waals surface area contributed by atoms with E-state index in [-0.39, 0.29) is 18.1 Å². The number of hydrogen-bond acceptors (Lipinski definition) is 4. The molecule has 0 bridgehead atoms. The number of likely N-dealkylation sites (tertiary alicyclic amines) is 1. The molecule has 1 atom stereocenters. The molecule has 1 aliphatic heterocycles. The Hall–Kier alpha value is -0.810. The van der Waals surface area contributed by atoms with Crippen molar-refractivity contribution >= 4 is 6.09 Å². The summed E-state index contributed by atoms with van der Waals surface area (Å²) in [7, 11) is 0. The monoisotopic (exact) mass is 259 g/mol. The molecule has 106 valence electrons. The SMILES string of the molecule is CCOC[C@]1(CO)CCN(C(=O)OC(C)(C)C)C1. The summed E-state index contributed by atoms with van der Waals surface area (Å²) in [6, 6.07) is 0. The molecule has 1 aliphatic rings. The van der Waals surface area contributed by atoms with Gasteiger partial charge >= 0.3 is 6.09 Å². The highest BCUT2D eigenvalue weighted by Gasteiger charge is 2.41. The maximum Gasteiger partial charge on any atom is 0.410 e. The number of carbonyl (C=O) groups is 1. The van der Waals surface area contributed by atoms with Crippen molar-refractivity contribution in [2.45, 2.75) is 39.7 Å². The quantitative estimate of drug-likeness (QED) is 0.834. The maximum absolute atomic E-state index is 11.9. The topological polar surface area (TPSA) is 59.0 Å². The summed E-state index contributed by atoms with van der Waals surface area (Å²) < 4.78 is 10.7. The van der Waals surface area contributed by atoms with Gasteiger partial charge in [0.05, 0.1) is 13.2 Å². The molecule has 1 N–H and O–H groups in total. The summed E-state index contributed by atoms with van der Waals surface area (Å²) in [5.74, 6) is 0. The van der Waals surface area contributed by atoms with Crippen molar-refractivity contribution in [3.8, 4) is 0 Å². The predicted molar refractivity (Wildman–Crippen MR) is 68.4 cm³/mol. The zero-order valence-electron chi connectivity index (χ0n) is 11.9.